The van der Waals surface area contributed by atoms with Gasteiger partial charge in [-0.1, -0.05) is 31.2 Å². The van der Waals surface area contributed by atoms with Crippen LogP contribution in [0.4, 0.5) is 4.39 Å². The third-order valence-corrected chi connectivity index (χ3v) is 3.14. The van der Waals surface area contributed by atoms with Crippen molar-refractivity contribution >= 4 is 5.91 Å². The second-order valence-corrected chi connectivity index (χ2v) is 4.47. The molecular weight excluding hydrogens is 257 g/mol. The van der Waals surface area contributed by atoms with Gasteiger partial charge < -0.3 is 10.4 Å². The Morgan fingerprint density at radius 1 is 1.20 bits per heavy atom. The molecule has 2 aromatic rings. The van der Waals surface area contributed by atoms with E-state index in [9.17, 15) is 14.3 Å². The van der Waals surface area contributed by atoms with Gasteiger partial charge in [0, 0.05) is 6.54 Å². The van der Waals surface area contributed by atoms with Crippen LogP contribution in [0.25, 0.3) is 0 Å². The minimum Gasteiger partial charge on any atom is -0.507 e. The van der Waals surface area contributed by atoms with Gasteiger partial charge in [-0.05, 0) is 35.7 Å². The van der Waals surface area contributed by atoms with Crippen molar-refractivity contribution in [2.75, 3.05) is 0 Å². The number of nitrogens with one attached hydrogen (secondary N) is 1. The highest BCUT2D eigenvalue weighted by Crippen LogP contribution is 2.18. The van der Waals surface area contributed by atoms with Gasteiger partial charge in [-0.3, -0.25) is 4.79 Å². The van der Waals surface area contributed by atoms with Crippen molar-refractivity contribution in [3.05, 3.63) is 65.0 Å². The molecule has 0 spiro atoms. The van der Waals surface area contributed by atoms with Gasteiger partial charge in [-0.25, -0.2) is 4.39 Å². The molecule has 0 atom stereocenters. The summed E-state index contributed by atoms with van der Waals surface area (Å²) in [5, 5.41) is 12.3. The Hall–Kier alpha value is -2.36. The monoisotopic (exact) mass is 273 g/mol. The molecule has 0 saturated heterocycles. The average molecular weight is 273 g/mol. The molecule has 104 valence electrons. The number of aromatic hydroxyl groups is 1. The van der Waals surface area contributed by atoms with Crippen molar-refractivity contribution < 1.29 is 14.3 Å². The predicted octanol–water partition coefficient (Wildman–Crippen LogP) is 3.02. The number of phenols is 1. The zero-order valence-corrected chi connectivity index (χ0v) is 11.2. The number of carbonyl (C=O) groups is 1. The van der Waals surface area contributed by atoms with E-state index in [4.69, 9.17) is 0 Å². The summed E-state index contributed by atoms with van der Waals surface area (Å²) in [6, 6.07) is 11.1. The lowest BCUT2D eigenvalue weighted by atomic mass is 10.1. The number of phenolic OH excluding ortho intramolecular Hbond substituents is 1. The Morgan fingerprint density at radius 2 is 1.90 bits per heavy atom. The van der Waals surface area contributed by atoms with E-state index < -0.39 is 11.7 Å². The van der Waals surface area contributed by atoms with Crippen LogP contribution in [-0.4, -0.2) is 11.0 Å². The van der Waals surface area contributed by atoms with Gasteiger partial charge in [0.1, 0.15) is 11.6 Å². The fourth-order valence-corrected chi connectivity index (χ4v) is 2.04. The molecule has 0 aromatic heterocycles. The van der Waals surface area contributed by atoms with E-state index in [0.29, 0.717) is 6.54 Å². The summed E-state index contributed by atoms with van der Waals surface area (Å²) in [5.41, 5.74) is 2.11. The standard InChI is InChI=1S/C16H16FNO2/c1-2-11-5-3-4-6-12(11)10-18-16(20)14-9-13(17)7-8-15(14)19/h3-9,19H,2,10H2,1H3,(H,18,20). The topological polar surface area (TPSA) is 49.3 Å². The van der Waals surface area contributed by atoms with Crippen molar-refractivity contribution in [1.82, 2.24) is 5.32 Å². The summed E-state index contributed by atoms with van der Waals surface area (Å²) >= 11 is 0. The first-order chi connectivity index (χ1) is 9.61. The van der Waals surface area contributed by atoms with E-state index >= 15 is 0 Å². The molecule has 0 radical (unpaired) electrons. The van der Waals surface area contributed by atoms with Crippen LogP contribution in [0.15, 0.2) is 42.5 Å². The average Bonchev–Trinajstić information content (AvgIpc) is 2.47. The highest BCUT2D eigenvalue weighted by molar-refractivity contribution is 5.96. The molecule has 3 nitrogen and oxygen atoms in total. The molecular formula is C16H16FNO2. The molecule has 1 amide bonds. The zero-order chi connectivity index (χ0) is 14.5. The van der Waals surface area contributed by atoms with Crippen LogP contribution >= 0.6 is 0 Å². The second-order valence-electron chi connectivity index (χ2n) is 4.47. The normalized spacial score (nSPS) is 10.3. The van der Waals surface area contributed by atoms with Crippen LogP contribution in [0.3, 0.4) is 0 Å². The molecule has 0 heterocycles. The molecule has 0 unspecified atom stereocenters. The quantitative estimate of drug-likeness (QED) is 0.899. The summed E-state index contributed by atoms with van der Waals surface area (Å²) in [6.07, 6.45) is 0.872. The Bertz CT molecular complexity index is 626. The van der Waals surface area contributed by atoms with E-state index in [2.05, 4.69) is 5.32 Å². The van der Waals surface area contributed by atoms with Crippen molar-refractivity contribution in [3.63, 3.8) is 0 Å². The van der Waals surface area contributed by atoms with Gasteiger partial charge in [0.25, 0.3) is 5.91 Å². The van der Waals surface area contributed by atoms with Gasteiger partial charge in [-0.2, -0.15) is 0 Å². The lowest BCUT2D eigenvalue weighted by Crippen LogP contribution is -2.23. The van der Waals surface area contributed by atoms with Crippen molar-refractivity contribution in [1.29, 1.82) is 0 Å². The Morgan fingerprint density at radius 3 is 2.60 bits per heavy atom. The fraction of sp³-hybridized carbons (Fsp3) is 0.188. The highest BCUT2D eigenvalue weighted by Gasteiger charge is 2.12. The number of hydrogen-bond acceptors (Lipinski definition) is 2. The third-order valence-electron chi connectivity index (χ3n) is 3.14. The predicted molar refractivity (Wildman–Crippen MR) is 75.1 cm³/mol. The van der Waals surface area contributed by atoms with Crippen LogP contribution in [0, 0.1) is 5.82 Å². The van der Waals surface area contributed by atoms with Crippen LogP contribution in [0.5, 0.6) is 5.75 Å². The molecule has 0 fully saturated rings. The van der Waals surface area contributed by atoms with Crippen molar-refractivity contribution in [2.24, 2.45) is 0 Å². The van der Waals surface area contributed by atoms with Gasteiger partial charge in [0.05, 0.1) is 5.56 Å². The molecule has 0 bridgehead atoms. The molecule has 2 N–H and O–H groups in total. The summed E-state index contributed by atoms with van der Waals surface area (Å²) in [7, 11) is 0. The molecule has 0 aliphatic heterocycles. The first kappa shape index (κ1) is 14.1. The molecule has 2 rings (SSSR count). The number of benzene rings is 2. The maximum absolute atomic E-state index is 13.1. The smallest absolute Gasteiger partial charge is 0.255 e. The van der Waals surface area contributed by atoms with Crippen LogP contribution in [0.2, 0.25) is 0 Å². The van der Waals surface area contributed by atoms with E-state index in [1.807, 2.05) is 31.2 Å². The van der Waals surface area contributed by atoms with Gasteiger partial charge in [-0.15, -0.1) is 0 Å². The zero-order valence-electron chi connectivity index (χ0n) is 11.2. The number of aryl methyl sites for hydroxylation is 1. The number of carbonyl (C=O) groups excluding carboxylic acids is 1. The summed E-state index contributed by atoms with van der Waals surface area (Å²) in [5.74, 6) is -1.28. The Labute approximate surface area is 117 Å². The van der Waals surface area contributed by atoms with E-state index in [1.165, 1.54) is 6.07 Å². The number of amides is 1. The molecule has 0 aliphatic carbocycles. The van der Waals surface area contributed by atoms with Crippen LogP contribution in [0.1, 0.15) is 28.4 Å². The Kier molecular flexibility index (Phi) is 4.35. The van der Waals surface area contributed by atoms with Gasteiger partial charge in [0.2, 0.25) is 0 Å². The summed E-state index contributed by atoms with van der Waals surface area (Å²) in [6.45, 7) is 2.39. The lowest BCUT2D eigenvalue weighted by Gasteiger charge is -2.10. The highest BCUT2D eigenvalue weighted by atomic mass is 19.1. The number of hydrogen-bond donors (Lipinski definition) is 2. The maximum atomic E-state index is 13.1. The van der Waals surface area contributed by atoms with E-state index in [1.54, 1.807) is 0 Å². The van der Waals surface area contributed by atoms with Gasteiger partial charge in [0.15, 0.2) is 0 Å². The first-order valence-electron chi connectivity index (χ1n) is 6.45. The fourth-order valence-electron chi connectivity index (χ4n) is 2.04. The largest absolute Gasteiger partial charge is 0.507 e. The minimum atomic E-state index is -0.554. The van der Waals surface area contributed by atoms with E-state index in [0.717, 1.165) is 29.7 Å². The second kappa shape index (κ2) is 6.19. The third kappa shape index (κ3) is 3.15. The number of halogens is 1. The van der Waals surface area contributed by atoms with Crippen molar-refractivity contribution in [3.8, 4) is 5.75 Å². The summed E-state index contributed by atoms with van der Waals surface area (Å²) in [4.78, 5) is 12.0. The summed E-state index contributed by atoms with van der Waals surface area (Å²) < 4.78 is 13.1. The molecule has 2 aromatic carbocycles. The van der Waals surface area contributed by atoms with Gasteiger partial charge >= 0.3 is 0 Å². The lowest BCUT2D eigenvalue weighted by molar-refractivity contribution is 0.0947. The first-order valence-corrected chi connectivity index (χ1v) is 6.45. The minimum absolute atomic E-state index is 0.0565. The van der Waals surface area contributed by atoms with Crippen LogP contribution in [-0.2, 0) is 13.0 Å². The molecule has 4 heteroatoms. The number of rotatable bonds is 4. The molecule has 0 aliphatic rings. The molecule has 20 heavy (non-hydrogen) atoms. The molecule has 0 saturated carbocycles. The SMILES string of the molecule is CCc1ccccc1CNC(=O)c1cc(F)ccc1O. The Balaban J connectivity index is 2.11. The maximum Gasteiger partial charge on any atom is 0.255 e. The van der Waals surface area contributed by atoms with Crippen LogP contribution < -0.4 is 5.32 Å². The van der Waals surface area contributed by atoms with Crippen molar-refractivity contribution in [2.45, 2.75) is 19.9 Å². The van der Waals surface area contributed by atoms with E-state index in [-0.39, 0.29) is 11.3 Å².